The number of ether oxygens (including phenoxy) is 1. The highest BCUT2D eigenvalue weighted by molar-refractivity contribution is 5.99. The van der Waals surface area contributed by atoms with Gasteiger partial charge in [0.2, 0.25) is 5.91 Å². The standard InChI is InChI=1S/C17H21N3O2/c1-3-4-7-22-11-16-14(10-18-20(16)2)12-5-6-15-13(8-12)9-17(21)19-15/h5-6,8,10H,3-4,7,9,11H2,1-2H3,(H,19,21). The second kappa shape index (κ2) is 6.32. The van der Waals surface area contributed by atoms with Gasteiger partial charge in [-0.05, 0) is 29.7 Å². The molecule has 0 radical (unpaired) electrons. The van der Waals surface area contributed by atoms with Gasteiger partial charge in [0, 0.05) is 24.9 Å². The van der Waals surface area contributed by atoms with E-state index in [1.807, 2.05) is 30.1 Å². The van der Waals surface area contributed by atoms with Gasteiger partial charge in [0.05, 0.1) is 24.9 Å². The Balaban J connectivity index is 1.83. The van der Waals surface area contributed by atoms with Crippen LogP contribution in [0, 0.1) is 0 Å². The van der Waals surface area contributed by atoms with Crippen LogP contribution in [0.15, 0.2) is 24.4 Å². The van der Waals surface area contributed by atoms with Crippen LogP contribution in [-0.2, 0) is 29.6 Å². The van der Waals surface area contributed by atoms with Crippen molar-refractivity contribution in [1.29, 1.82) is 0 Å². The first kappa shape index (κ1) is 14.8. The number of rotatable bonds is 6. The van der Waals surface area contributed by atoms with E-state index in [1.165, 1.54) is 0 Å². The summed E-state index contributed by atoms with van der Waals surface area (Å²) in [7, 11) is 1.93. The van der Waals surface area contributed by atoms with E-state index >= 15 is 0 Å². The average molecular weight is 299 g/mol. The van der Waals surface area contributed by atoms with Gasteiger partial charge in [0.1, 0.15) is 0 Å². The fourth-order valence-corrected chi connectivity index (χ4v) is 2.69. The van der Waals surface area contributed by atoms with E-state index in [0.717, 1.165) is 47.5 Å². The summed E-state index contributed by atoms with van der Waals surface area (Å²) in [5.74, 6) is 0.0569. The molecule has 1 aliphatic rings. The molecular formula is C17H21N3O2. The van der Waals surface area contributed by atoms with Gasteiger partial charge in [0.15, 0.2) is 0 Å². The highest BCUT2D eigenvalue weighted by Crippen LogP contribution is 2.30. The molecule has 0 fully saturated rings. The molecule has 116 valence electrons. The molecular weight excluding hydrogens is 278 g/mol. The van der Waals surface area contributed by atoms with E-state index in [0.29, 0.717) is 13.0 Å². The lowest BCUT2D eigenvalue weighted by molar-refractivity contribution is -0.115. The quantitative estimate of drug-likeness (QED) is 0.834. The number of carbonyl (C=O) groups excluding carboxylic acids is 1. The van der Waals surface area contributed by atoms with Crippen molar-refractivity contribution in [2.45, 2.75) is 32.8 Å². The maximum atomic E-state index is 11.5. The van der Waals surface area contributed by atoms with E-state index in [4.69, 9.17) is 4.74 Å². The number of benzene rings is 1. The zero-order valence-electron chi connectivity index (χ0n) is 13.1. The van der Waals surface area contributed by atoms with Gasteiger partial charge in [0.25, 0.3) is 0 Å². The van der Waals surface area contributed by atoms with Crippen LogP contribution in [0.3, 0.4) is 0 Å². The number of hydrogen-bond acceptors (Lipinski definition) is 3. The summed E-state index contributed by atoms with van der Waals surface area (Å²) in [6, 6.07) is 6.06. The molecule has 2 aromatic rings. The van der Waals surface area contributed by atoms with Crippen molar-refractivity contribution >= 4 is 11.6 Å². The Morgan fingerprint density at radius 3 is 3.09 bits per heavy atom. The first-order chi connectivity index (χ1) is 10.7. The van der Waals surface area contributed by atoms with Gasteiger partial charge in [-0.25, -0.2) is 0 Å². The van der Waals surface area contributed by atoms with E-state index < -0.39 is 0 Å². The molecule has 1 aromatic carbocycles. The molecule has 0 saturated carbocycles. The lowest BCUT2D eigenvalue weighted by atomic mass is 10.0. The smallest absolute Gasteiger partial charge is 0.228 e. The minimum Gasteiger partial charge on any atom is -0.375 e. The summed E-state index contributed by atoms with van der Waals surface area (Å²) in [4.78, 5) is 11.5. The molecule has 0 saturated heterocycles. The van der Waals surface area contributed by atoms with Gasteiger partial charge >= 0.3 is 0 Å². The number of aryl methyl sites for hydroxylation is 1. The Morgan fingerprint density at radius 1 is 1.41 bits per heavy atom. The fourth-order valence-electron chi connectivity index (χ4n) is 2.69. The lowest BCUT2D eigenvalue weighted by Crippen LogP contribution is -2.03. The summed E-state index contributed by atoms with van der Waals surface area (Å²) in [5, 5.41) is 7.21. The number of nitrogens with zero attached hydrogens (tertiary/aromatic N) is 2. The Bertz CT molecular complexity index is 691. The number of amides is 1. The molecule has 1 aromatic heterocycles. The van der Waals surface area contributed by atoms with Gasteiger partial charge in [-0.2, -0.15) is 5.10 Å². The van der Waals surface area contributed by atoms with Gasteiger partial charge < -0.3 is 10.1 Å². The number of nitrogens with one attached hydrogen (secondary N) is 1. The van der Waals surface area contributed by atoms with Gasteiger partial charge in [-0.1, -0.05) is 19.4 Å². The number of fused-ring (bicyclic) bond motifs is 1. The van der Waals surface area contributed by atoms with E-state index in [2.05, 4.69) is 23.4 Å². The van der Waals surface area contributed by atoms with Crippen LogP contribution in [0.5, 0.6) is 0 Å². The summed E-state index contributed by atoms with van der Waals surface area (Å²) in [6.45, 7) is 3.47. The average Bonchev–Trinajstić information content (AvgIpc) is 3.05. The van der Waals surface area contributed by atoms with Crippen LogP contribution in [0.4, 0.5) is 5.69 Å². The minimum absolute atomic E-state index is 0.0569. The molecule has 5 nitrogen and oxygen atoms in total. The van der Waals surface area contributed by atoms with Crippen molar-refractivity contribution < 1.29 is 9.53 Å². The van der Waals surface area contributed by atoms with Crippen LogP contribution in [0.2, 0.25) is 0 Å². The molecule has 0 bridgehead atoms. The normalized spacial score (nSPS) is 13.3. The van der Waals surface area contributed by atoms with Crippen LogP contribution >= 0.6 is 0 Å². The highest BCUT2D eigenvalue weighted by atomic mass is 16.5. The van der Waals surface area contributed by atoms with Crippen molar-refractivity contribution in [3.63, 3.8) is 0 Å². The van der Waals surface area contributed by atoms with Crippen LogP contribution in [0.1, 0.15) is 31.0 Å². The minimum atomic E-state index is 0.0569. The maximum absolute atomic E-state index is 11.5. The molecule has 22 heavy (non-hydrogen) atoms. The number of anilines is 1. The van der Waals surface area contributed by atoms with Crippen LogP contribution < -0.4 is 5.32 Å². The molecule has 0 aliphatic carbocycles. The van der Waals surface area contributed by atoms with E-state index in [1.54, 1.807) is 0 Å². The monoisotopic (exact) mass is 299 g/mol. The van der Waals surface area contributed by atoms with E-state index in [-0.39, 0.29) is 5.91 Å². The van der Waals surface area contributed by atoms with Crippen molar-refractivity contribution in [3.8, 4) is 11.1 Å². The van der Waals surface area contributed by atoms with E-state index in [9.17, 15) is 4.79 Å². The Morgan fingerprint density at radius 2 is 2.27 bits per heavy atom. The molecule has 0 unspecified atom stereocenters. The van der Waals surface area contributed by atoms with Crippen molar-refractivity contribution in [3.05, 3.63) is 35.7 Å². The number of hydrogen-bond donors (Lipinski definition) is 1. The summed E-state index contributed by atoms with van der Waals surface area (Å²) in [5.41, 5.74) is 5.18. The summed E-state index contributed by atoms with van der Waals surface area (Å²) in [6.07, 6.45) is 4.51. The highest BCUT2D eigenvalue weighted by Gasteiger charge is 2.19. The molecule has 1 amide bonds. The number of carbonyl (C=O) groups is 1. The fraction of sp³-hybridized carbons (Fsp3) is 0.412. The second-order valence-corrected chi connectivity index (χ2v) is 5.63. The largest absolute Gasteiger partial charge is 0.375 e. The topological polar surface area (TPSA) is 56.1 Å². The first-order valence-electron chi connectivity index (χ1n) is 7.70. The maximum Gasteiger partial charge on any atom is 0.228 e. The zero-order valence-corrected chi connectivity index (χ0v) is 13.1. The summed E-state index contributed by atoms with van der Waals surface area (Å²) < 4.78 is 7.60. The predicted molar refractivity (Wildman–Crippen MR) is 85.5 cm³/mol. The van der Waals surface area contributed by atoms with Crippen molar-refractivity contribution in [1.82, 2.24) is 9.78 Å². The molecule has 0 atom stereocenters. The molecule has 3 rings (SSSR count). The predicted octanol–water partition coefficient (Wildman–Crippen LogP) is 2.90. The number of aromatic nitrogens is 2. The Hall–Kier alpha value is -2.14. The summed E-state index contributed by atoms with van der Waals surface area (Å²) >= 11 is 0. The van der Waals surface area contributed by atoms with Crippen LogP contribution in [-0.4, -0.2) is 22.3 Å². The van der Waals surface area contributed by atoms with Gasteiger partial charge in [-0.15, -0.1) is 0 Å². The van der Waals surface area contributed by atoms with Gasteiger partial charge in [-0.3, -0.25) is 9.48 Å². The number of unbranched alkanes of at least 4 members (excludes halogenated alkanes) is 1. The van der Waals surface area contributed by atoms with Crippen molar-refractivity contribution in [2.75, 3.05) is 11.9 Å². The third kappa shape index (κ3) is 2.90. The van der Waals surface area contributed by atoms with Crippen molar-refractivity contribution in [2.24, 2.45) is 7.05 Å². The Kier molecular flexibility index (Phi) is 4.24. The van der Waals surface area contributed by atoms with Crippen LogP contribution in [0.25, 0.3) is 11.1 Å². The Labute approximate surface area is 130 Å². The molecule has 2 heterocycles. The lowest BCUT2D eigenvalue weighted by Gasteiger charge is -2.08. The molecule has 1 aliphatic heterocycles. The SMILES string of the molecule is CCCCOCc1c(-c2ccc3c(c2)CC(=O)N3)cnn1C. The second-order valence-electron chi connectivity index (χ2n) is 5.63. The first-order valence-corrected chi connectivity index (χ1v) is 7.70. The third-order valence-electron chi connectivity index (χ3n) is 3.98. The molecule has 1 N–H and O–H groups in total. The molecule has 5 heteroatoms. The molecule has 0 spiro atoms. The third-order valence-corrected chi connectivity index (χ3v) is 3.98. The zero-order chi connectivity index (χ0) is 15.5.